The van der Waals surface area contributed by atoms with Gasteiger partial charge < -0.3 is 5.21 Å². The molecule has 0 fully saturated rings. The Bertz CT molecular complexity index is 388. The molecule has 1 aromatic rings. The number of benzene rings is 1. The van der Waals surface area contributed by atoms with Crippen LogP contribution in [0.15, 0.2) is 36.5 Å². The summed E-state index contributed by atoms with van der Waals surface area (Å²) in [5.74, 6) is -0.332. The molecule has 1 aliphatic heterocycles. The fourth-order valence-electron chi connectivity index (χ4n) is 1.42. The molecule has 2 atom stereocenters. The van der Waals surface area contributed by atoms with Crippen LogP contribution >= 0.6 is 15.9 Å². The van der Waals surface area contributed by atoms with Crippen LogP contribution < -0.4 is 4.65 Å². The maximum atomic E-state index is 12.7. The molecule has 2 rings (SSSR count). The molecule has 0 N–H and O–H groups in total. The van der Waals surface area contributed by atoms with E-state index >= 15 is 0 Å². The van der Waals surface area contributed by atoms with Crippen LogP contribution in [0.3, 0.4) is 0 Å². The van der Waals surface area contributed by atoms with Crippen molar-refractivity contribution in [3.63, 3.8) is 0 Å². The topological polar surface area (TPSA) is 23.1 Å². The molecule has 1 aromatic carbocycles. The number of nitrogens with zero attached hydrogens (tertiary/aromatic N) is 1. The van der Waals surface area contributed by atoms with E-state index in [1.165, 1.54) is 30.5 Å². The van der Waals surface area contributed by atoms with E-state index in [2.05, 4.69) is 15.9 Å². The van der Waals surface area contributed by atoms with Crippen molar-refractivity contribution in [1.29, 1.82) is 0 Å². The quantitative estimate of drug-likeness (QED) is 0.328. The highest BCUT2D eigenvalue weighted by atomic mass is 79.9. The summed E-state index contributed by atoms with van der Waals surface area (Å²) in [6.45, 7) is 1.78. The Hall–Kier alpha value is -0.710. The molecule has 0 aliphatic carbocycles. The number of hydrogen-bond donors (Lipinski definition) is 0. The molecule has 0 spiro atoms. The lowest BCUT2D eigenvalue weighted by molar-refractivity contribution is 0.362. The lowest BCUT2D eigenvalue weighted by Gasteiger charge is -2.53. The Kier molecular flexibility index (Phi) is 2.03. The normalized spacial score (nSPS) is 35.4. The second-order valence-corrected chi connectivity index (χ2v) is 5.08. The Labute approximate surface area is 89.9 Å². The monoisotopic (exact) mass is 257 g/mol. The summed E-state index contributed by atoms with van der Waals surface area (Å²) in [5.41, 5.74) is 0.522. The van der Waals surface area contributed by atoms with E-state index in [-0.39, 0.29) is 5.82 Å². The maximum Gasteiger partial charge on any atom is 0.184 e. The van der Waals surface area contributed by atoms with Crippen molar-refractivity contribution in [1.82, 2.24) is 4.65 Å². The van der Waals surface area contributed by atoms with E-state index in [4.69, 9.17) is 0 Å². The van der Waals surface area contributed by atoms with Crippen LogP contribution in [0.1, 0.15) is 6.92 Å². The average molecular weight is 258 g/mol. The summed E-state index contributed by atoms with van der Waals surface area (Å²) in [4.78, 5) is 0. The van der Waals surface area contributed by atoms with Crippen LogP contribution in [0.25, 0.3) is 0 Å². The summed E-state index contributed by atoms with van der Waals surface area (Å²) in [5, 5.41) is 12.2. The molecule has 0 saturated carbocycles. The number of hydrogen-bond acceptors (Lipinski definition) is 1. The fraction of sp³-hybridized carbons (Fsp3) is 0.200. The SMILES string of the molecule is CC1(Br)C=C[N+]1([O-])c1ccc(F)cc1. The highest BCUT2D eigenvalue weighted by Gasteiger charge is 2.45. The lowest BCUT2D eigenvalue weighted by Crippen LogP contribution is -2.58. The highest BCUT2D eigenvalue weighted by Crippen LogP contribution is 2.44. The summed E-state index contributed by atoms with van der Waals surface area (Å²) in [7, 11) is 0. The van der Waals surface area contributed by atoms with Gasteiger partial charge in [-0.2, -0.15) is 0 Å². The van der Waals surface area contributed by atoms with E-state index < -0.39 is 9.09 Å². The first-order valence-corrected chi connectivity index (χ1v) is 5.00. The van der Waals surface area contributed by atoms with Gasteiger partial charge >= 0.3 is 0 Å². The lowest BCUT2D eigenvalue weighted by atomic mass is 10.1. The van der Waals surface area contributed by atoms with Gasteiger partial charge in [-0.25, -0.2) is 4.39 Å². The van der Waals surface area contributed by atoms with Crippen molar-refractivity contribution in [3.8, 4) is 0 Å². The number of hydroxylamine groups is 2. The standard InChI is InChI=1S/C10H9BrFNO/c1-10(11)6-7-13(10,14)9-4-2-8(12)3-5-9/h2-7H,1H3. The Balaban J connectivity index is 2.42. The molecule has 0 amide bonds. The van der Waals surface area contributed by atoms with E-state index in [1.807, 2.05) is 0 Å². The number of quaternary nitrogens is 1. The van der Waals surface area contributed by atoms with Gasteiger partial charge in [-0.05, 0) is 28.1 Å². The minimum atomic E-state index is -0.634. The van der Waals surface area contributed by atoms with Crippen molar-refractivity contribution in [3.05, 3.63) is 47.6 Å². The zero-order valence-corrected chi connectivity index (χ0v) is 9.16. The van der Waals surface area contributed by atoms with Crippen LogP contribution in [0.2, 0.25) is 0 Å². The van der Waals surface area contributed by atoms with Gasteiger partial charge in [-0.3, -0.25) is 4.65 Å². The summed E-state index contributed by atoms with van der Waals surface area (Å²) in [6.07, 6.45) is 3.31. The first-order valence-electron chi connectivity index (χ1n) is 4.21. The first-order chi connectivity index (χ1) is 6.46. The molecule has 0 radical (unpaired) electrons. The minimum absolute atomic E-state index is 0.332. The number of rotatable bonds is 1. The molecule has 0 aromatic heterocycles. The van der Waals surface area contributed by atoms with E-state index in [0.717, 1.165) is 0 Å². The summed E-state index contributed by atoms with van der Waals surface area (Å²) in [6, 6.07) is 5.60. The van der Waals surface area contributed by atoms with Crippen LogP contribution in [0.5, 0.6) is 0 Å². The van der Waals surface area contributed by atoms with Crippen LogP contribution in [0.4, 0.5) is 10.1 Å². The largest absolute Gasteiger partial charge is 0.621 e. The fourth-order valence-corrected chi connectivity index (χ4v) is 1.86. The van der Waals surface area contributed by atoms with Crippen LogP contribution in [0, 0.1) is 11.0 Å². The van der Waals surface area contributed by atoms with Crippen molar-refractivity contribution >= 4 is 21.6 Å². The molecule has 1 aliphatic rings. The molecule has 4 heteroatoms. The third kappa shape index (κ3) is 1.22. The maximum absolute atomic E-state index is 12.7. The molecule has 74 valence electrons. The minimum Gasteiger partial charge on any atom is -0.621 e. The zero-order chi connectivity index (χ0) is 10.4. The third-order valence-electron chi connectivity index (χ3n) is 2.45. The van der Waals surface area contributed by atoms with Gasteiger partial charge in [-0.15, -0.1) is 0 Å². The Morgan fingerprint density at radius 1 is 1.36 bits per heavy atom. The van der Waals surface area contributed by atoms with Crippen molar-refractivity contribution in [2.24, 2.45) is 0 Å². The molecular formula is C10H9BrFNO. The van der Waals surface area contributed by atoms with E-state index in [1.54, 1.807) is 13.0 Å². The highest BCUT2D eigenvalue weighted by molar-refractivity contribution is 9.10. The third-order valence-corrected chi connectivity index (χ3v) is 3.24. The number of halogens is 2. The molecule has 0 saturated heterocycles. The van der Waals surface area contributed by atoms with Gasteiger partial charge in [0.25, 0.3) is 0 Å². The number of alkyl halides is 1. The molecule has 0 bridgehead atoms. The molecular weight excluding hydrogens is 249 g/mol. The average Bonchev–Trinajstić information content (AvgIpc) is 2.16. The van der Waals surface area contributed by atoms with Crippen LogP contribution in [-0.4, -0.2) is 4.45 Å². The second-order valence-electron chi connectivity index (χ2n) is 3.47. The second kappa shape index (κ2) is 2.89. The Morgan fingerprint density at radius 3 is 2.29 bits per heavy atom. The Morgan fingerprint density at radius 2 is 1.93 bits per heavy atom. The summed E-state index contributed by atoms with van der Waals surface area (Å²) < 4.78 is 11.4. The molecule has 2 nitrogen and oxygen atoms in total. The van der Waals surface area contributed by atoms with Crippen molar-refractivity contribution in [2.75, 3.05) is 0 Å². The predicted octanol–water partition coefficient (Wildman–Crippen LogP) is 3.27. The van der Waals surface area contributed by atoms with E-state index in [9.17, 15) is 9.60 Å². The molecule has 14 heavy (non-hydrogen) atoms. The molecule has 1 heterocycles. The van der Waals surface area contributed by atoms with Gasteiger partial charge in [0.15, 0.2) is 4.45 Å². The van der Waals surface area contributed by atoms with Gasteiger partial charge in [0.2, 0.25) is 0 Å². The van der Waals surface area contributed by atoms with Gasteiger partial charge in [0.1, 0.15) is 17.7 Å². The predicted molar refractivity (Wildman–Crippen MR) is 58.0 cm³/mol. The van der Waals surface area contributed by atoms with Crippen molar-refractivity contribution in [2.45, 2.75) is 11.4 Å². The first kappa shape index (κ1) is 9.83. The smallest absolute Gasteiger partial charge is 0.184 e. The summed E-state index contributed by atoms with van der Waals surface area (Å²) >= 11 is 3.32. The van der Waals surface area contributed by atoms with Crippen LogP contribution in [-0.2, 0) is 0 Å². The zero-order valence-electron chi connectivity index (χ0n) is 7.58. The van der Waals surface area contributed by atoms with Crippen molar-refractivity contribution < 1.29 is 4.39 Å². The van der Waals surface area contributed by atoms with Gasteiger partial charge in [-0.1, -0.05) is 0 Å². The molecule has 2 unspecified atom stereocenters. The van der Waals surface area contributed by atoms with E-state index in [0.29, 0.717) is 5.69 Å². The van der Waals surface area contributed by atoms with Gasteiger partial charge in [0.05, 0.1) is 0 Å². The van der Waals surface area contributed by atoms with Gasteiger partial charge in [0, 0.05) is 25.1 Å².